The topological polar surface area (TPSA) is 3.88 Å². The lowest BCUT2D eigenvalue weighted by atomic mass is 9.84. The molecule has 3 rings (SSSR count). The normalized spacial score (nSPS) is 17.8. The average molecular weight is 252 g/mol. The van der Waals surface area contributed by atoms with E-state index in [0.717, 1.165) is 13.0 Å². The molecular formula is C18H22N+. The molecule has 2 aromatic rings. The van der Waals surface area contributed by atoms with Gasteiger partial charge in [-0.15, -0.1) is 0 Å². The van der Waals surface area contributed by atoms with Gasteiger partial charge in [0, 0.05) is 17.0 Å². The fraction of sp³-hybridized carbons (Fsp3) is 0.389. The van der Waals surface area contributed by atoms with Crippen LogP contribution in [0.1, 0.15) is 36.1 Å². The van der Waals surface area contributed by atoms with E-state index in [0.29, 0.717) is 5.92 Å². The first-order chi connectivity index (χ1) is 9.13. The molecule has 0 amide bonds. The van der Waals surface area contributed by atoms with Gasteiger partial charge in [0.05, 0.1) is 0 Å². The minimum absolute atomic E-state index is 0.642. The molecule has 0 fully saturated rings. The van der Waals surface area contributed by atoms with E-state index in [-0.39, 0.29) is 0 Å². The van der Waals surface area contributed by atoms with Crippen LogP contribution in [-0.2, 0) is 13.0 Å². The number of hydrogen-bond donors (Lipinski definition) is 0. The summed E-state index contributed by atoms with van der Waals surface area (Å²) in [5.74, 6) is 0.642. The Hall–Kier alpha value is -1.63. The monoisotopic (exact) mass is 252 g/mol. The van der Waals surface area contributed by atoms with Gasteiger partial charge < -0.3 is 0 Å². The summed E-state index contributed by atoms with van der Waals surface area (Å²) in [5, 5.41) is 1.42. The summed E-state index contributed by atoms with van der Waals surface area (Å²) in [6.45, 7) is 10.1. The fourth-order valence-corrected chi connectivity index (χ4v) is 3.29. The minimum atomic E-state index is 0.642. The van der Waals surface area contributed by atoms with E-state index in [1.165, 1.54) is 33.2 Å². The highest BCUT2D eigenvalue weighted by atomic mass is 14.9. The van der Waals surface area contributed by atoms with Crippen molar-refractivity contribution in [3.8, 4) is 0 Å². The Kier molecular flexibility index (Phi) is 2.93. The summed E-state index contributed by atoms with van der Waals surface area (Å²) in [7, 11) is 0. The van der Waals surface area contributed by atoms with Gasteiger partial charge in [0.15, 0.2) is 6.20 Å². The predicted molar refractivity (Wildman–Crippen MR) is 81.2 cm³/mol. The third kappa shape index (κ3) is 1.80. The Balaban J connectivity index is 2.48. The number of aromatic nitrogens is 1. The second-order valence-electron chi connectivity index (χ2n) is 5.74. The van der Waals surface area contributed by atoms with Crippen molar-refractivity contribution in [1.82, 2.24) is 0 Å². The van der Waals surface area contributed by atoms with Crippen molar-refractivity contribution in [2.75, 3.05) is 0 Å². The van der Waals surface area contributed by atoms with Gasteiger partial charge in [0.2, 0.25) is 5.52 Å². The van der Waals surface area contributed by atoms with Gasteiger partial charge in [-0.1, -0.05) is 19.1 Å². The van der Waals surface area contributed by atoms with Gasteiger partial charge in [-0.05, 0) is 55.9 Å². The predicted octanol–water partition coefficient (Wildman–Crippen LogP) is 3.97. The molecule has 0 bridgehead atoms. The van der Waals surface area contributed by atoms with Gasteiger partial charge in [-0.2, -0.15) is 4.57 Å². The van der Waals surface area contributed by atoms with Crippen molar-refractivity contribution in [3.05, 3.63) is 46.7 Å². The first-order valence-corrected chi connectivity index (χ1v) is 7.25. The Bertz CT molecular complexity index is 680. The quantitative estimate of drug-likeness (QED) is 0.676. The molecule has 1 nitrogen and oxygen atoms in total. The maximum atomic E-state index is 2.40. The number of nitrogens with zero attached hydrogens (tertiary/aromatic N) is 1. The zero-order chi connectivity index (χ0) is 13.6. The number of allylic oxidation sites excluding steroid dienone is 1. The Labute approximate surface area is 115 Å². The van der Waals surface area contributed by atoms with Crippen molar-refractivity contribution >= 4 is 17.0 Å². The van der Waals surface area contributed by atoms with E-state index in [2.05, 4.69) is 62.7 Å². The number of fused-ring (bicyclic) bond motifs is 3. The Morgan fingerprint density at radius 2 is 2.05 bits per heavy atom. The lowest BCUT2D eigenvalue weighted by Gasteiger charge is -2.20. The van der Waals surface area contributed by atoms with E-state index in [1.807, 2.05) is 0 Å². The number of pyridine rings is 1. The molecule has 1 heterocycles. The minimum Gasteiger partial charge on any atom is -0.198 e. The van der Waals surface area contributed by atoms with Crippen molar-refractivity contribution < 1.29 is 4.57 Å². The van der Waals surface area contributed by atoms with Gasteiger partial charge in [-0.3, -0.25) is 0 Å². The molecule has 1 atom stereocenters. The first-order valence-electron chi connectivity index (χ1n) is 7.25. The van der Waals surface area contributed by atoms with Crippen LogP contribution in [0.25, 0.3) is 17.0 Å². The Morgan fingerprint density at radius 1 is 1.26 bits per heavy atom. The van der Waals surface area contributed by atoms with Crippen LogP contribution in [0.2, 0.25) is 0 Å². The van der Waals surface area contributed by atoms with E-state index in [4.69, 9.17) is 0 Å². The maximum absolute atomic E-state index is 2.40. The summed E-state index contributed by atoms with van der Waals surface area (Å²) >= 11 is 0. The van der Waals surface area contributed by atoms with Gasteiger partial charge in [-0.25, -0.2) is 0 Å². The van der Waals surface area contributed by atoms with Crippen LogP contribution in [-0.4, -0.2) is 0 Å². The van der Waals surface area contributed by atoms with E-state index in [1.54, 1.807) is 0 Å². The summed E-state index contributed by atoms with van der Waals surface area (Å²) < 4.78 is 2.40. The third-order valence-electron chi connectivity index (χ3n) is 4.51. The molecule has 0 radical (unpaired) electrons. The van der Waals surface area contributed by atoms with Crippen LogP contribution < -0.4 is 4.57 Å². The molecule has 0 N–H and O–H groups in total. The van der Waals surface area contributed by atoms with Gasteiger partial charge in [0.25, 0.3) is 0 Å². The largest absolute Gasteiger partial charge is 0.216 e. The van der Waals surface area contributed by atoms with Crippen LogP contribution in [0.3, 0.4) is 0 Å². The highest BCUT2D eigenvalue weighted by Crippen LogP contribution is 2.33. The summed E-state index contributed by atoms with van der Waals surface area (Å²) in [6.07, 6.45) is 8.05. The lowest BCUT2D eigenvalue weighted by molar-refractivity contribution is -0.668. The zero-order valence-electron chi connectivity index (χ0n) is 12.3. The second kappa shape index (κ2) is 4.48. The molecule has 1 aliphatic rings. The van der Waals surface area contributed by atoms with Gasteiger partial charge >= 0.3 is 0 Å². The summed E-state index contributed by atoms with van der Waals surface area (Å²) in [6, 6.07) is 4.44. The summed E-state index contributed by atoms with van der Waals surface area (Å²) in [4.78, 5) is 0. The fourth-order valence-electron chi connectivity index (χ4n) is 3.29. The smallest absolute Gasteiger partial charge is 0.198 e. The van der Waals surface area contributed by atoms with Crippen molar-refractivity contribution in [2.45, 2.75) is 40.7 Å². The maximum Gasteiger partial charge on any atom is 0.216 e. The number of rotatable bonds is 1. The first kappa shape index (κ1) is 12.4. The molecule has 1 unspecified atom stereocenters. The summed E-state index contributed by atoms with van der Waals surface area (Å²) in [5.41, 5.74) is 7.31. The lowest BCUT2D eigenvalue weighted by Crippen LogP contribution is -2.34. The molecule has 19 heavy (non-hydrogen) atoms. The van der Waals surface area contributed by atoms with Crippen LogP contribution in [0.5, 0.6) is 0 Å². The van der Waals surface area contributed by atoms with Crippen LogP contribution in [0.4, 0.5) is 0 Å². The van der Waals surface area contributed by atoms with Crippen LogP contribution in [0.15, 0.2) is 24.4 Å². The molecule has 98 valence electrons. The number of hydrogen-bond acceptors (Lipinski definition) is 0. The van der Waals surface area contributed by atoms with Crippen LogP contribution >= 0.6 is 0 Å². The molecule has 0 aliphatic heterocycles. The molecule has 1 heteroatoms. The van der Waals surface area contributed by atoms with Crippen molar-refractivity contribution in [3.63, 3.8) is 0 Å². The van der Waals surface area contributed by atoms with Gasteiger partial charge in [0.1, 0.15) is 6.54 Å². The second-order valence-corrected chi connectivity index (χ2v) is 5.74. The highest BCUT2D eigenvalue weighted by molar-refractivity contribution is 5.88. The molecule has 1 aromatic heterocycles. The van der Waals surface area contributed by atoms with Crippen molar-refractivity contribution in [1.29, 1.82) is 0 Å². The van der Waals surface area contributed by atoms with E-state index < -0.39 is 0 Å². The zero-order valence-corrected chi connectivity index (χ0v) is 12.3. The molecular weight excluding hydrogens is 230 g/mol. The average Bonchev–Trinajstić information content (AvgIpc) is 2.43. The highest BCUT2D eigenvalue weighted by Gasteiger charge is 2.23. The SMILES string of the molecule is CC[n+]1cccc2c(C)c(C)c3c(c21)CC(C)C=C3. The van der Waals surface area contributed by atoms with Crippen molar-refractivity contribution in [2.24, 2.45) is 5.92 Å². The number of benzene rings is 1. The standard InChI is InChI=1S/C18H22N/c1-5-19-10-6-7-16-14(4)13(3)15-9-8-12(2)11-17(15)18(16)19/h6-10,12H,5,11H2,1-4H3/q+1. The molecule has 1 aliphatic carbocycles. The molecule has 0 saturated carbocycles. The Morgan fingerprint density at radius 3 is 2.79 bits per heavy atom. The third-order valence-corrected chi connectivity index (χ3v) is 4.51. The van der Waals surface area contributed by atoms with E-state index >= 15 is 0 Å². The molecule has 0 saturated heterocycles. The van der Waals surface area contributed by atoms with Crippen LogP contribution in [0, 0.1) is 19.8 Å². The number of aryl methyl sites for hydroxylation is 2. The molecule has 1 aromatic carbocycles. The van der Waals surface area contributed by atoms with E-state index in [9.17, 15) is 0 Å². The molecule has 0 spiro atoms.